The van der Waals surface area contributed by atoms with Gasteiger partial charge in [0, 0.05) is 44.6 Å². The monoisotopic (exact) mass is 308 g/mol. The molecule has 0 aromatic heterocycles. The number of nitrogens with zero attached hydrogens (tertiary/aromatic N) is 2. The fourth-order valence-corrected chi connectivity index (χ4v) is 3.09. The zero-order chi connectivity index (χ0) is 16.3. The second-order valence-electron chi connectivity index (χ2n) is 5.80. The number of rotatable bonds is 4. The summed E-state index contributed by atoms with van der Waals surface area (Å²) in [6, 6.07) is 0.114. The number of hydrogen-bond acceptors (Lipinski definition) is 5. The van der Waals surface area contributed by atoms with E-state index < -0.39 is 5.97 Å². The maximum atomic E-state index is 12.9. The van der Waals surface area contributed by atoms with Crippen LogP contribution in [-0.4, -0.2) is 62.1 Å². The number of likely N-dealkylation sites (tertiary alicyclic amines) is 1. The summed E-state index contributed by atoms with van der Waals surface area (Å²) in [4.78, 5) is 28.4. The number of ether oxygens (including phenoxy) is 2. The van der Waals surface area contributed by atoms with Gasteiger partial charge in [-0.25, -0.2) is 4.79 Å². The lowest BCUT2D eigenvalue weighted by Crippen LogP contribution is -2.41. The molecule has 0 aromatic rings. The predicted molar refractivity (Wildman–Crippen MR) is 81.7 cm³/mol. The zero-order valence-corrected chi connectivity index (χ0v) is 13.7. The van der Waals surface area contributed by atoms with Gasteiger partial charge in [-0.3, -0.25) is 4.79 Å². The van der Waals surface area contributed by atoms with E-state index in [0.29, 0.717) is 17.8 Å². The van der Waals surface area contributed by atoms with Gasteiger partial charge in [-0.2, -0.15) is 0 Å². The van der Waals surface area contributed by atoms with Gasteiger partial charge in [0.2, 0.25) is 0 Å². The van der Waals surface area contributed by atoms with E-state index in [9.17, 15) is 9.59 Å². The Bertz CT molecular complexity index is 512. The van der Waals surface area contributed by atoms with E-state index >= 15 is 0 Å². The molecule has 6 heteroatoms. The van der Waals surface area contributed by atoms with Gasteiger partial charge in [0.05, 0.1) is 25.3 Å². The summed E-state index contributed by atoms with van der Waals surface area (Å²) in [5.74, 6) is -0.694. The Morgan fingerprint density at radius 2 is 1.95 bits per heavy atom. The Morgan fingerprint density at radius 3 is 2.59 bits per heavy atom. The molecular weight excluding hydrogens is 284 g/mol. The first-order chi connectivity index (χ1) is 10.5. The largest absolute Gasteiger partial charge is 0.466 e. The maximum absolute atomic E-state index is 12.9. The molecule has 0 aromatic carbocycles. The van der Waals surface area contributed by atoms with Crippen LogP contribution >= 0.6 is 0 Å². The summed E-state index contributed by atoms with van der Waals surface area (Å²) in [5.41, 5.74) is 1.12. The van der Waals surface area contributed by atoms with Gasteiger partial charge in [-0.05, 0) is 12.8 Å². The highest BCUT2D eigenvalue weighted by Gasteiger charge is 2.35. The lowest BCUT2D eigenvalue weighted by molar-refractivity contribution is -0.136. The van der Waals surface area contributed by atoms with E-state index in [-0.39, 0.29) is 17.9 Å². The molecule has 1 fully saturated rings. The lowest BCUT2D eigenvalue weighted by Gasteiger charge is -2.31. The van der Waals surface area contributed by atoms with Crippen LogP contribution in [0.5, 0.6) is 0 Å². The van der Waals surface area contributed by atoms with Crippen LogP contribution in [0.1, 0.15) is 19.8 Å². The number of hydrogen-bond donors (Lipinski definition) is 0. The van der Waals surface area contributed by atoms with Crippen LogP contribution in [0.3, 0.4) is 0 Å². The summed E-state index contributed by atoms with van der Waals surface area (Å²) in [7, 11) is 4.80. The minimum absolute atomic E-state index is 0.0200. The van der Waals surface area contributed by atoms with Crippen molar-refractivity contribution in [2.24, 2.45) is 5.92 Å². The molecule has 0 radical (unpaired) electrons. The molecule has 2 aliphatic heterocycles. The number of carbonyl (C=O) groups is 2. The SMILES string of the molecule is COC[C@@H]1CCCN1C(=O)C1=CN(C)C=C(C(=O)OC)[C@H]1C. The molecule has 6 nitrogen and oxygen atoms in total. The predicted octanol–water partition coefficient (Wildman–Crippen LogP) is 1.15. The van der Waals surface area contributed by atoms with Crippen molar-refractivity contribution in [3.8, 4) is 0 Å². The van der Waals surface area contributed by atoms with Crippen LogP contribution in [-0.2, 0) is 19.1 Å². The van der Waals surface area contributed by atoms with Gasteiger partial charge < -0.3 is 19.3 Å². The Balaban J connectivity index is 2.20. The fraction of sp³-hybridized carbons (Fsp3) is 0.625. The average molecular weight is 308 g/mol. The van der Waals surface area contributed by atoms with Crippen molar-refractivity contribution >= 4 is 11.9 Å². The van der Waals surface area contributed by atoms with Crippen molar-refractivity contribution < 1.29 is 19.1 Å². The van der Waals surface area contributed by atoms with Crippen molar-refractivity contribution in [3.63, 3.8) is 0 Å². The molecule has 0 spiro atoms. The van der Waals surface area contributed by atoms with Gasteiger partial charge in [-0.1, -0.05) is 6.92 Å². The fourth-order valence-electron chi connectivity index (χ4n) is 3.09. The highest BCUT2D eigenvalue weighted by Crippen LogP contribution is 2.30. The van der Waals surface area contributed by atoms with Crippen LogP contribution in [0.15, 0.2) is 23.5 Å². The molecule has 1 saturated heterocycles. The highest BCUT2D eigenvalue weighted by molar-refractivity contribution is 5.99. The first-order valence-electron chi connectivity index (χ1n) is 7.53. The average Bonchev–Trinajstić information content (AvgIpc) is 2.96. The molecule has 22 heavy (non-hydrogen) atoms. The Labute approximate surface area is 131 Å². The minimum Gasteiger partial charge on any atom is -0.466 e. The van der Waals surface area contributed by atoms with Crippen LogP contribution < -0.4 is 0 Å². The third kappa shape index (κ3) is 3.16. The second-order valence-corrected chi connectivity index (χ2v) is 5.80. The molecule has 2 aliphatic rings. The molecule has 0 N–H and O–H groups in total. The van der Waals surface area contributed by atoms with E-state index in [1.54, 1.807) is 31.5 Å². The number of esters is 1. The molecule has 2 rings (SSSR count). The summed E-state index contributed by atoms with van der Waals surface area (Å²) < 4.78 is 10.0. The second kappa shape index (κ2) is 6.96. The Kier molecular flexibility index (Phi) is 5.24. The third-order valence-electron chi connectivity index (χ3n) is 4.28. The summed E-state index contributed by atoms with van der Waals surface area (Å²) in [5, 5.41) is 0. The molecule has 122 valence electrons. The van der Waals surface area contributed by atoms with Gasteiger partial charge in [-0.15, -0.1) is 0 Å². The number of amides is 1. The van der Waals surface area contributed by atoms with Crippen LogP contribution in [0.4, 0.5) is 0 Å². The number of methoxy groups -OCH3 is 2. The van der Waals surface area contributed by atoms with E-state index in [2.05, 4.69) is 0 Å². The Hall–Kier alpha value is -1.82. The first kappa shape index (κ1) is 16.5. The van der Waals surface area contributed by atoms with Gasteiger partial charge in [0.1, 0.15) is 0 Å². The molecule has 0 bridgehead atoms. The van der Waals surface area contributed by atoms with E-state index in [4.69, 9.17) is 9.47 Å². The standard InChI is InChI=1S/C16H24N2O4/c1-11-13(8-17(2)9-14(11)16(20)22-4)15(19)18-7-5-6-12(18)10-21-3/h8-9,11-12H,5-7,10H2,1-4H3/t11-,12-/m0/s1. The highest BCUT2D eigenvalue weighted by atomic mass is 16.5. The van der Waals surface area contributed by atoms with Gasteiger partial charge in [0.15, 0.2) is 0 Å². The topological polar surface area (TPSA) is 59.1 Å². The molecule has 2 heterocycles. The normalized spacial score (nSPS) is 24.9. The third-order valence-corrected chi connectivity index (χ3v) is 4.28. The van der Waals surface area contributed by atoms with Crippen LogP contribution in [0.2, 0.25) is 0 Å². The summed E-state index contributed by atoms with van der Waals surface area (Å²) in [6.07, 6.45) is 5.44. The van der Waals surface area contributed by atoms with Gasteiger partial charge in [0.25, 0.3) is 5.91 Å². The minimum atomic E-state index is -0.396. The molecule has 0 saturated carbocycles. The van der Waals surface area contributed by atoms with Crippen LogP contribution in [0.25, 0.3) is 0 Å². The van der Waals surface area contributed by atoms with Crippen molar-refractivity contribution in [1.29, 1.82) is 0 Å². The molecular formula is C16H24N2O4. The summed E-state index contributed by atoms with van der Waals surface area (Å²) in [6.45, 7) is 3.14. The first-order valence-corrected chi connectivity index (χ1v) is 7.53. The van der Waals surface area contributed by atoms with Crippen molar-refractivity contribution in [2.45, 2.75) is 25.8 Å². The van der Waals surface area contributed by atoms with Crippen molar-refractivity contribution in [1.82, 2.24) is 9.80 Å². The maximum Gasteiger partial charge on any atom is 0.335 e. The van der Waals surface area contributed by atoms with E-state index in [0.717, 1.165) is 19.4 Å². The van der Waals surface area contributed by atoms with Crippen molar-refractivity contribution in [3.05, 3.63) is 23.5 Å². The molecule has 2 atom stereocenters. The van der Waals surface area contributed by atoms with Crippen molar-refractivity contribution in [2.75, 3.05) is 34.4 Å². The van der Waals surface area contributed by atoms with E-state index in [1.807, 2.05) is 11.8 Å². The van der Waals surface area contributed by atoms with Gasteiger partial charge >= 0.3 is 5.97 Å². The zero-order valence-electron chi connectivity index (χ0n) is 13.7. The molecule has 0 aliphatic carbocycles. The lowest BCUT2D eigenvalue weighted by atomic mass is 9.90. The van der Waals surface area contributed by atoms with Crippen LogP contribution in [0, 0.1) is 5.92 Å². The summed E-state index contributed by atoms with van der Waals surface area (Å²) >= 11 is 0. The molecule has 0 unspecified atom stereocenters. The Morgan fingerprint density at radius 1 is 1.27 bits per heavy atom. The van der Waals surface area contributed by atoms with E-state index in [1.165, 1.54) is 7.11 Å². The smallest absolute Gasteiger partial charge is 0.335 e. The molecule has 1 amide bonds. The number of carbonyl (C=O) groups excluding carboxylic acids is 2. The quantitative estimate of drug-likeness (QED) is 0.729.